The molecule has 0 N–H and O–H groups in total. The summed E-state index contributed by atoms with van der Waals surface area (Å²) in [5.74, 6) is 0. The van der Waals surface area contributed by atoms with E-state index in [9.17, 15) is 0 Å². The molecule has 1 nitrogen and oxygen atoms in total. The van der Waals surface area contributed by atoms with Crippen molar-refractivity contribution in [2.24, 2.45) is 0 Å². The molecule has 6 aromatic rings. The molecule has 3 heteroatoms. The Morgan fingerprint density at radius 3 is 1.55 bits per heavy atom. The smallest absolute Gasteiger partial charge is 0.0468 e. The molecule has 0 atom stereocenters. The summed E-state index contributed by atoms with van der Waals surface area (Å²) in [4.78, 5) is 2.35. The molecule has 0 amide bonds. The van der Waals surface area contributed by atoms with E-state index in [1.807, 2.05) is 0 Å². The van der Waals surface area contributed by atoms with E-state index in [1.54, 1.807) is 22.7 Å². The summed E-state index contributed by atoms with van der Waals surface area (Å²) in [6, 6.07) is 37.3. The predicted octanol–water partition coefficient (Wildman–Crippen LogP) is 9.25. The van der Waals surface area contributed by atoms with Crippen molar-refractivity contribution in [1.29, 1.82) is 0 Å². The van der Waals surface area contributed by atoms with Crippen molar-refractivity contribution in [3.8, 4) is 11.1 Å². The van der Waals surface area contributed by atoms with E-state index >= 15 is 0 Å². The number of hydrogen-bond donors (Lipinski definition) is 0. The lowest BCUT2D eigenvalue weighted by atomic mass is 10.0. The Bertz CT molecular complexity index is 1400. The Balaban J connectivity index is 1.49. The number of rotatable bonds is 4. The molecular weight excluding hydrogens is 414 g/mol. The van der Waals surface area contributed by atoms with Crippen LogP contribution in [0.15, 0.2) is 114 Å². The minimum absolute atomic E-state index is 1.16. The topological polar surface area (TPSA) is 3.24 Å². The first kappa shape index (κ1) is 18.4. The molecule has 2 aromatic heterocycles. The Kier molecular flexibility index (Phi) is 4.56. The van der Waals surface area contributed by atoms with Crippen LogP contribution in [0.3, 0.4) is 0 Å². The number of fused-ring (bicyclic) bond motifs is 2. The van der Waals surface area contributed by atoms with Crippen LogP contribution in [0.1, 0.15) is 0 Å². The Labute approximate surface area is 189 Å². The summed E-state index contributed by atoms with van der Waals surface area (Å²) >= 11 is 3.57. The predicted molar refractivity (Wildman–Crippen MR) is 137 cm³/mol. The van der Waals surface area contributed by atoms with Crippen LogP contribution in [0, 0.1) is 0 Å². The molecule has 0 fully saturated rings. The zero-order chi connectivity index (χ0) is 20.6. The molecule has 31 heavy (non-hydrogen) atoms. The standard InChI is InChI=1S/C28H19NS2/c1-2-4-20(5-3-1)21-6-8-24(9-7-21)29(25-10-12-27-22(18-25)14-16-30-27)26-11-13-28-23(19-26)15-17-31-28/h1-19H. The second-order valence-electron chi connectivity index (χ2n) is 7.53. The fourth-order valence-electron chi connectivity index (χ4n) is 4.07. The van der Waals surface area contributed by atoms with Gasteiger partial charge >= 0.3 is 0 Å². The molecule has 6 rings (SSSR count). The van der Waals surface area contributed by atoms with E-state index in [0.29, 0.717) is 0 Å². The Hall–Kier alpha value is -3.40. The maximum absolute atomic E-state index is 2.35. The lowest BCUT2D eigenvalue weighted by Gasteiger charge is -2.26. The van der Waals surface area contributed by atoms with Crippen LogP contribution in [-0.4, -0.2) is 0 Å². The van der Waals surface area contributed by atoms with E-state index in [2.05, 4.69) is 119 Å². The van der Waals surface area contributed by atoms with Gasteiger partial charge in [0, 0.05) is 26.5 Å². The third-order valence-electron chi connectivity index (χ3n) is 5.62. The maximum Gasteiger partial charge on any atom is 0.0468 e. The zero-order valence-corrected chi connectivity index (χ0v) is 18.4. The minimum atomic E-state index is 1.16. The molecule has 0 bridgehead atoms. The van der Waals surface area contributed by atoms with E-state index < -0.39 is 0 Å². The summed E-state index contributed by atoms with van der Waals surface area (Å²) in [6.45, 7) is 0. The lowest BCUT2D eigenvalue weighted by molar-refractivity contribution is 1.30. The first-order chi connectivity index (χ1) is 15.3. The highest BCUT2D eigenvalue weighted by molar-refractivity contribution is 7.17. The summed E-state index contributed by atoms with van der Waals surface area (Å²) in [6.07, 6.45) is 0. The average molecular weight is 434 g/mol. The lowest BCUT2D eigenvalue weighted by Crippen LogP contribution is -2.09. The molecule has 0 aliphatic heterocycles. The van der Waals surface area contributed by atoms with Gasteiger partial charge in [0.15, 0.2) is 0 Å². The van der Waals surface area contributed by atoms with E-state index in [1.165, 1.54) is 42.7 Å². The van der Waals surface area contributed by atoms with Crippen LogP contribution < -0.4 is 4.90 Å². The van der Waals surface area contributed by atoms with Gasteiger partial charge in [0.05, 0.1) is 0 Å². The van der Waals surface area contributed by atoms with Crippen molar-refractivity contribution >= 4 is 59.9 Å². The highest BCUT2D eigenvalue weighted by atomic mass is 32.1. The second-order valence-corrected chi connectivity index (χ2v) is 9.43. The van der Waals surface area contributed by atoms with Crippen molar-refractivity contribution < 1.29 is 0 Å². The van der Waals surface area contributed by atoms with Gasteiger partial charge in [0.25, 0.3) is 0 Å². The van der Waals surface area contributed by atoms with Crippen molar-refractivity contribution in [3.05, 3.63) is 114 Å². The van der Waals surface area contributed by atoms with Crippen molar-refractivity contribution in [2.75, 3.05) is 4.90 Å². The molecule has 4 aromatic carbocycles. The quantitative estimate of drug-likeness (QED) is 0.268. The molecule has 0 saturated carbocycles. The monoisotopic (exact) mass is 433 g/mol. The highest BCUT2D eigenvalue weighted by Gasteiger charge is 2.14. The zero-order valence-electron chi connectivity index (χ0n) is 16.7. The van der Waals surface area contributed by atoms with Gasteiger partial charge in [-0.25, -0.2) is 0 Å². The van der Waals surface area contributed by atoms with E-state index in [0.717, 1.165) is 5.69 Å². The molecule has 2 heterocycles. The van der Waals surface area contributed by atoms with E-state index in [4.69, 9.17) is 0 Å². The maximum atomic E-state index is 2.35. The third-order valence-corrected chi connectivity index (χ3v) is 7.42. The molecule has 0 radical (unpaired) electrons. The van der Waals surface area contributed by atoms with Gasteiger partial charge in [-0.15, -0.1) is 22.7 Å². The second kappa shape index (κ2) is 7.69. The average Bonchev–Trinajstić information content (AvgIpc) is 3.49. The van der Waals surface area contributed by atoms with Crippen molar-refractivity contribution in [3.63, 3.8) is 0 Å². The van der Waals surface area contributed by atoms with Gasteiger partial charge < -0.3 is 4.90 Å². The summed E-state index contributed by atoms with van der Waals surface area (Å²) in [5.41, 5.74) is 5.97. The largest absolute Gasteiger partial charge is 0.310 e. The van der Waals surface area contributed by atoms with Crippen molar-refractivity contribution in [2.45, 2.75) is 0 Å². The number of hydrogen-bond acceptors (Lipinski definition) is 3. The van der Waals surface area contributed by atoms with Gasteiger partial charge in [0.1, 0.15) is 0 Å². The van der Waals surface area contributed by atoms with Crippen LogP contribution in [0.5, 0.6) is 0 Å². The SMILES string of the molecule is c1ccc(-c2ccc(N(c3ccc4sccc4c3)c3ccc4sccc4c3)cc2)cc1. The fraction of sp³-hybridized carbons (Fsp3) is 0. The van der Waals surface area contributed by atoms with Gasteiger partial charge in [-0.1, -0.05) is 42.5 Å². The number of benzene rings is 4. The number of nitrogens with zero attached hydrogens (tertiary/aromatic N) is 1. The molecule has 0 spiro atoms. The number of anilines is 3. The first-order valence-electron chi connectivity index (χ1n) is 10.3. The third kappa shape index (κ3) is 3.42. The Morgan fingerprint density at radius 1 is 0.452 bits per heavy atom. The summed E-state index contributed by atoms with van der Waals surface area (Å²) < 4.78 is 2.63. The highest BCUT2D eigenvalue weighted by Crippen LogP contribution is 2.39. The van der Waals surface area contributed by atoms with Crippen molar-refractivity contribution in [1.82, 2.24) is 0 Å². The van der Waals surface area contributed by atoms with Gasteiger partial charge in [-0.05, 0) is 93.3 Å². The summed E-state index contributed by atoms with van der Waals surface area (Å²) in [5, 5.41) is 6.88. The minimum Gasteiger partial charge on any atom is -0.310 e. The fourth-order valence-corrected chi connectivity index (χ4v) is 5.61. The van der Waals surface area contributed by atoms with Gasteiger partial charge in [-0.3, -0.25) is 0 Å². The van der Waals surface area contributed by atoms with Crippen LogP contribution in [-0.2, 0) is 0 Å². The van der Waals surface area contributed by atoms with Crippen LogP contribution >= 0.6 is 22.7 Å². The molecule has 0 aliphatic rings. The first-order valence-corrected chi connectivity index (χ1v) is 12.0. The molecule has 0 aliphatic carbocycles. The van der Waals surface area contributed by atoms with Crippen LogP contribution in [0.25, 0.3) is 31.3 Å². The summed E-state index contributed by atoms with van der Waals surface area (Å²) in [7, 11) is 0. The normalized spacial score (nSPS) is 11.2. The Morgan fingerprint density at radius 2 is 0.968 bits per heavy atom. The number of thiophene rings is 2. The molecular formula is C28H19NS2. The molecule has 148 valence electrons. The van der Waals surface area contributed by atoms with Crippen LogP contribution in [0.2, 0.25) is 0 Å². The molecule has 0 unspecified atom stereocenters. The van der Waals surface area contributed by atoms with Crippen LogP contribution in [0.4, 0.5) is 17.1 Å². The van der Waals surface area contributed by atoms with E-state index in [-0.39, 0.29) is 0 Å². The molecule has 0 saturated heterocycles. The van der Waals surface area contributed by atoms with Gasteiger partial charge in [0.2, 0.25) is 0 Å². The van der Waals surface area contributed by atoms with Gasteiger partial charge in [-0.2, -0.15) is 0 Å².